The van der Waals surface area contributed by atoms with Crippen LogP contribution in [0.3, 0.4) is 0 Å². The molecule has 0 aliphatic rings. The second-order valence-corrected chi connectivity index (χ2v) is 8.09. The molecule has 132 valence electrons. The van der Waals surface area contributed by atoms with Gasteiger partial charge in [-0.15, -0.1) is 10.2 Å². The van der Waals surface area contributed by atoms with Gasteiger partial charge in [-0.3, -0.25) is 4.40 Å². The van der Waals surface area contributed by atoms with Crippen LogP contribution in [0.25, 0.3) is 5.65 Å². The molecular weight excluding hydrogens is 340 g/mol. The summed E-state index contributed by atoms with van der Waals surface area (Å²) in [7, 11) is -0.442. The number of hydrogen-bond donors (Lipinski definition) is 1. The Kier molecular flexibility index (Phi) is 4.44. The van der Waals surface area contributed by atoms with Crippen LogP contribution >= 0.6 is 0 Å². The Morgan fingerprint density at radius 3 is 2.72 bits per heavy atom. The van der Waals surface area contributed by atoms with Crippen LogP contribution in [0.1, 0.15) is 24.4 Å². The molecule has 1 atom stereocenters. The highest BCUT2D eigenvalue weighted by Crippen LogP contribution is 2.23. The van der Waals surface area contributed by atoms with Crippen molar-refractivity contribution in [2.24, 2.45) is 0 Å². The molecule has 25 heavy (non-hydrogen) atoms. The summed E-state index contributed by atoms with van der Waals surface area (Å²) in [6.45, 7) is 3.80. The number of aromatic nitrogens is 4. The zero-order chi connectivity index (χ0) is 18.2. The summed E-state index contributed by atoms with van der Waals surface area (Å²) in [4.78, 5) is 4.58. The molecule has 1 aromatic carbocycles. The predicted molar refractivity (Wildman–Crippen MR) is 94.9 cm³/mol. The van der Waals surface area contributed by atoms with Crippen LogP contribution in [0, 0.1) is 6.92 Å². The third-order valence-corrected chi connectivity index (χ3v) is 5.80. The van der Waals surface area contributed by atoms with E-state index in [1.54, 1.807) is 30.6 Å². The van der Waals surface area contributed by atoms with Gasteiger partial charge in [0.05, 0.1) is 10.9 Å². The molecule has 1 unspecified atom stereocenters. The third-order valence-electron chi connectivity index (χ3n) is 3.99. The van der Waals surface area contributed by atoms with Crippen LogP contribution in [0.2, 0.25) is 0 Å². The van der Waals surface area contributed by atoms with Crippen molar-refractivity contribution in [3.8, 4) is 0 Å². The van der Waals surface area contributed by atoms with Gasteiger partial charge in [0.15, 0.2) is 5.82 Å². The minimum absolute atomic E-state index is 0.159. The van der Waals surface area contributed by atoms with Gasteiger partial charge >= 0.3 is 0 Å². The zero-order valence-electron chi connectivity index (χ0n) is 14.5. The topological polar surface area (TPSA) is 92.5 Å². The lowest BCUT2D eigenvalue weighted by Crippen LogP contribution is -2.22. The van der Waals surface area contributed by atoms with Gasteiger partial charge < -0.3 is 5.32 Å². The maximum absolute atomic E-state index is 12.3. The average Bonchev–Trinajstić information content (AvgIpc) is 2.97. The quantitative estimate of drug-likeness (QED) is 0.746. The first-order chi connectivity index (χ1) is 11.8. The van der Waals surface area contributed by atoms with Gasteiger partial charge in [-0.05, 0) is 31.5 Å². The molecule has 2 aromatic heterocycles. The highest BCUT2D eigenvalue weighted by Gasteiger charge is 2.19. The molecule has 9 heteroatoms. The van der Waals surface area contributed by atoms with Gasteiger partial charge in [-0.2, -0.15) is 0 Å². The van der Waals surface area contributed by atoms with Crippen molar-refractivity contribution >= 4 is 21.5 Å². The number of benzene rings is 1. The van der Waals surface area contributed by atoms with Crippen molar-refractivity contribution in [1.82, 2.24) is 23.9 Å². The van der Waals surface area contributed by atoms with Crippen LogP contribution in [0.5, 0.6) is 0 Å². The Balaban J connectivity index is 1.92. The lowest BCUT2D eigenvalue weighted by Gasteiger charge is -2.17. The van der Waals surface area contributed by atoms with Crippen molar-refractivity contribution < 1.29 is 8.42 Å². The van der Waals surface area contributed by atoms with Crippen LogP contribution in [-0.2, 0) is 10.0 Å². The van der Waals surface area contributed by atoms with Gasteiger partial charge in [-0.1, -0.05) is 12.1 Å². The van der Waals surface area contributed by atoms with Gasteiger partial charge in [0.2, 0.25) is 15.7 Å². The Labute approximate surface area is 146 Å². The van der Waals surface area contributed by atoms with E-state index in [0.29, 0.717) is 11.5 Å². The lowest BCUT2D eigenvalue weighted by molar-refractivity contribution is 0.520. The lowest BCUT2D eigenvalue weighted by atomic mass is 10.1. The van der Waals surface area contributed by atoms with E-state index in [0.717, 1.165) is 11.4 Å². The predicted octanol–water partition coefficient (Wildman–Crippen LogP) is 1.86. The maximum Gasteiger partial charge on any atom is 0.242 e. The van der Waals surface area contributed by atoms with E-state index in [1.807, 2.05) is 24.3 Å². The minimum atomic E-state index is -3.47. The number of nitrogens with zero attached hydrogens (tertiary/aromatic N) is 5. The average molecular weight is 360 g/mol. The zero-order valence-corrected chi connectivity index (χ0v) is 15.3. The molecule has 2 heterocycles. The fourth-order valence-electron chi connectivity index (χ4n) is 2.49. The van der Waals surface area contributed by atoms with E-state index in [4.69, 9.17) is 0 Å². The van der Waals surface area contributed by atoms with Gasteiger partial charge in [0.1, 0.15) is 5.82 Å². The standard InChI is InChI=1S/C16H20N6O2S/c1-11(13-6-5-7-14(10-13)25(23,24)21(3)4)18-15-16-20-19-12(2)22(16)9-8-17-15/h5-11H,1-4H3,(H,17,18). The number of nitrogens with one attached hydrogen (secondary N) is 1. The van der Waals surface area contributed by atoms with E-state index in [2.05, 4.69) is 20.5 Å². The van der Waals surface area contributed by atoms with E-state index < -0.39 is 10.0 Å². The number of anilines is 1. The van der Waals surface area contributed by atoms with Crippen molar-refractivity contribution in [1.29, 1.82) is 0 Å². The molecular formula is C16H20N6O2S. The summed E-state index contributed by atoms with van der Waals surface area (Å²) in [5.74, 6) is 1.36. The monoisotopic (exact) mass is 360 g/mol. The van der Waals surface area contributed by atoms with E-state index >= 15 is 0 Å². The fraction of sp³-hybridized carbons (Fsp3) is 0.312. The van der Waals surface area contributed by atoms with E-state index in [-0.39, 0.29) is 10.9 Å². The second kappa shape index (κ2) is 6.41. The number of hydrogen-bond acceptors (Lipinski definition) is 6. The van der Waals surface area contributed by atoms with E-state index in [9.17, 15) is 8.42 Å². The number of rotatable bonds is 5. The van der Waals surface area contributed by atoms with Crippen molar-refractivity contribution in [3.63, 3.8) is 0 Å². The number of sulfonamides is 1. The first-order valence-corrected chi connectivity index (χ1v) is 9.20. The highest BCUT2D eigenvalue weighted by molar-refractivity contribution is 7.89. The SMILES string of the molecule is Cc1nnc2c(NC(C)c3cccc(S(=O)(=O)N(C)C)c3)nccn12. The first kappa shape index (κ1) is 17.3. The Bertz CT molecular complexity index is 1010. The first-order valence-electron chi connectivity index (χ1n) is 7.76. The summed E-state index contributed by atoms with van der Waals surface area (Å²) in [5, 5.41) is 11.5. The summed E-state index contributed by atoms with van der Waals surface area (Å²) >= 11 is 0. The number of aryl methyl sites for hydroxylation is 1. The minimum Gasteiger partial charge on any atom is -0.360 e. The summed E-state index contributed by atoms with van der Waals surface area (Å²) in [6, 6.07) is 6.71. The van der Waals surface area contributed by atoms with Crippen molar-refractivity contribution in [3.05, 3.63) is 48.0 Å². The molecule has 0 aliphatic carbocycles. The Morgan fingerprint density at radius 2 is 2.00 bits per heavy atom. The molecule has 0 fully saturated rings. The van der Waals surface area contributed by atoms with Crippen molar-refractivity contribution in [2.45, 2.75) is 24.8 Å². The Morgan fingerprint density at radius 1 is 1.24 bits per heavy atom. The molecule has 3 rings (SSSR count). The molecule has 0 amide bonds. The highest BCUT2D eigenvalue weighted by atomic mass is 32.2. The van der Waals surface area contributed by atoms with Crippen LogP contribution in [0.4, 0.5) is 5.82 Å². The van der Waals surface area contributed by atoms with Crippen molar-refractivity contribution in [2.75, 3.05) is 19.4 Å². The van der Waals surface area contributed by atoms with Crippen LogP contribution in [0.15, 0.2) is 41.6 Å². The van der Waals surface area contributed by atoms with Gasteiger partial charge in [-0.25, -0.2) is 17.7 Å². The van der Waals surface area contributed by atoms with Crippen LogP contribution < -0.4 is 5.32 Å². The molecule has 8 nitrogen and oxygen atoms in total. The molecule has 0 saturated heterocycles. The molecule has 3 aromatic rings. The number of fused-ring (bicyclic) bond motifs is 1. The van der Waals surface area contributed by atoms with Gasteiger partial charge in [0, 0.05) is 26.5 Å². The maximum atomic E-state index is 12.3. The van der Waals surface area contributed by atoms with Crippen LogP contribution in [-0.4, -0.2) is 46.4 Å². The third kappa shape index (κ3) is 3.20. The molecule has 0 spiro atoms. The molecule has 0 aliphatic heterocycles. The fourth-order valence-corrected chi connectivity index (χ4v) is 3.44. The molecule has 0 saturated carbocycles. The molecule has 1 N–H and O–H groups in total. The smallest absolute Gasteiger partial charge is 0.242 e. The van der Waals surface area contributed by atoms with Gasteiger partial charge in [0.25, 0.3) is 0 Å². The normalized spacial score (nSPS) is 13.3. The molecule has 0 bridgehead atoms. The Hall–Kier alpha value is -2.52. The molecule has 0 radical (unpaired) electrons. The second-order valence-electron chi connectivity index (χ2n) is 5.94. The summed E-state index contributed by atoms with van der Waals surface area (Å²) < 4.78 is 27.7. The largest absolute Gasteiger partial charge is 0.360 e. The summed E-state index contributed by atoms with van der Waals surface area (Å²) in [6.07, 6.45) is 3.47. The van der Waals surface area contributed by atoms with E-state index in [1.165, 1.54) is 18.4 Å². The summed E-state index contributed by atoms with van der Waals surface area (Å²) in [5.41, 5.74) is 1.46.